The lowest BCUT2D eigenvalue weighted by atomic mass is 10.2. The van der Waals surface area contributed by atoms with Crippen LogP contribution in [0.1, 0.15) is 12.5 Å². The lowest BCUT2D eigenvalue weighted by molar-refractivity contribution is 0.209. The van der Waals surface area contributed by atoms with Crippen LogP contribution in [-0.2, 0) is 0 Å². The summed E-state index contributed by atoms with van der Waals surface area (Å²) in [5, 5.41) is 10.5. The summed E-state index contributed by atoms with van der Waals surface area (Å²) >= 11 is 0. The second-order valence-electron chi connectivity index (χ2n) is 2.41. The fourth-order valence-electron chi connectivity index (χ4n) is 0.880. The maximum absolute atomic E-state index is 10.2. The highest BCUT2D eigenvalue weighted by molar-refractivity contribution is 5.81. The van der Waals surface area contributed by atoms with Gasteiger partial charge in [-0.15, -0.1) is 0 Å². The van der Waals surface area contributed by atoms with E-state index in [-0.39, 0.29) is 0 Å². The van der Waals surface area contributed by atoms with E-state index in [1.165, 1.54) is 0 Å². The summed E-state index contributed by atoms with van der Waals surface area (Å²) in [5.41, 5.74) is 0.943. The quantitative estimate of drug-likeness (QED) is 0.729. The average molecular weight is 178 g/mol. The highest BCUT2D eigenvalue weighted by Crippen LogP contribution is 2.05. The van der Waals surface area contributed by atoms with Gasteiger partial charge in [-0.3, -0.25) is 5.32 Å². The van der Waals surface area contributed by atoms with Crippen molar-refractivity contribution in [2.45, 2.75) is 6.92 Å². The van der Waals surface area contributed by atoms with Crippen LogP contribution in [-0.4, -0.2) is 16.2 Å². The van der Waals surface area contributed by atoms with Gasteiger partial charge in [0.25, 0.3) is 0 Å². The van der Waals surface area contributed by atoms with E-state index in [4.69, 9.17) is 5.11 Å². The first-order valence-electron chi connectivity index (χ1n) is 3.81. The smallest absolute Gasteiger partial charge is 0.410 e. The lowest BCUT2D eigenvalue weighted by Crippen LogP contribution is -2.08. The van der Waals surface area contributed by atoms with Crippen molar-refractivity contribution in [1.29, 1.82) is 0 Å². The molecule has 0 bridgehead atoms. The normalized spacial score (nSPS) is 10.2. The largest absolute Gasteiger partial charge is 0.465 e. The van der Waals surface area contributed by atoms with Gasteiger partial charge >= 0.3 is 6.09 Å². The Hall–Kier alpha value is -1.84. The van der Waals surface area contributed by atoms with E-state index in [2.05, 4.69) is 10.3 Å². The second-order valence-corrected chi connectivity index (χ2v) is 2.41. The molecule has 0 aliphatic carbocycles. The number of nitrogens with zero attached hydrogens (tertiary/aromatic N) is 1. The average Bonchev–Trinajstić information content (AvgIpc) is 2.08. The first kappa shape index (κ1) is 9.25. The SMILES string of the molecule is CC=Cc1ccc(NC(=O)O)nc1. The molecule has 1 aromatic heterocycles. The Morgan fingerprint density at radius 2 is 2.38 bits per heavy atom. The van der Waals surface area contributed by atoms with Crippen LogP contribution in [0.25, 0.3) is 6.08 Å². The van der Waals surface area contributed by atoms with E-state index in [1.807, 2.05) is 19.1 Å². The van der Waals surface area contributed by atoms with Crippen molar-refractivity contribution in [3.8, 4) is 0 Å². The van der Waals surface area contributed by atoms with E-state index < -0.39 is 6.09 Å². The first-order chi connectivity index (χ1) is 6.22. The molecule has 0 saturated carbocycles. The van der Waals surface area contributed by atoms with Gasteiger partial charge in [-0.05, 0) is 24.6 Å². The summed E-state index contributed by atoms with van der Waals surface area (Å²) in [7, 11) is 0. The Morgan fingerprint density at radius 3 is 2.85 bits per heavy atom. The molecule has 1 aromatic rings. The van der Waals surface area contributed by atoms with E-state index in [0.29, 0.717) is 5.82 Å². The summed E-state index contributed by atoms with van der Waals surface area (Å²) in [4.78, 5) is 14.1. The third-order valence-electron chi connectivity index (χ3n) is 1.38. The molecular weight excluding hydrogens is 168 g/mol. The third-order valence-corrected chi connectivity index (χ3v) is 1.38. The van der Waals surface area contributed by atoms with Crippen molar-refractivity contribution in [1.82, 2.24) is 4.98 Å². The Balaban J connectivity index is 2.75. The molecule has 0 saturated heterocycles. The third kappa shape index (κ3) is 2.94. The first-order valence-corrected chi connectivity index (χ1v) is 3.81. The molecule has 1 heterocycles. The maximum Gasteiger partial charge on any atom is 0.410 e. The van der Waals surface area contributed by atoms with Gasteiger partial charge < -0.3 is 5.11 Å². The number of pyridine rings is 1. The number of hydrogen-bond acceptors (Lipinski definition) is 2. The predicted octanol–water partition coefficient (Wildman–Crippen LogP) is 2.20. The highest BCUT2D eigenvalue weighted by Gasteiger charge is 1.97. The molecule has 0 atom stereocenters. The molecule has 0 aliphatic rings. The van der Waals surface area contributed by atoms with Gasteiger partial charge in [0.05, 0.1) is 0 Å². The van der Waals surface area contributed by atoms with Crippen molar-refractivity contribution in [3.05, 3.63) is 30.0 Å². The molecule has 1 rings (SSSR count). The number of amides is 1. The van der Waals surface area contributed by atoms with Crippen LogP contribution in [0.2, 0.25) is 0 Å². The number of nitrogens with one attached hydrogen (secondary N) is 1. The Morgan fingerprint density at radius 1 is 1.62 bits per heavy atom. The lowest BCUT2D eigenvalue weighted by Gasteiger charge is -1.98. The number of rotatable bonds is 2. The zero-order chi connectivity index (χ0) is 9.68. The number of anilines is 1. The Labute approximate surface area is 75.9 Å². The number of hydrogen-bond donors (Lipinski definition) is 2. The zero-order valence-electron chi connectivity index (χ0n) is 7.19. The van der Waals surface area contributed by atoms with Crippen molar-refractivity contribution in [2.75, 3.05) is 5.32 Å². The minimum absolute atomic E-state index is 0.334. The van der Waals surface area contributed by atoms with Crippen molar-refractivity contribution in [3.63, 3.8) is 0 Å². The van der Waals surface area contributed by atoms with Crippen LogP contribution < -0.4 is 5.32 Å². The van der Waals surface area contributed by atoms with Gasteiger partial charge in [0, 0.05) is 6.20 Å². The second kappa shape index (κ2) is 4.25. The number of carbonyl (C=O) groups is 1. The van der Waals surface area contributed by atoms with E-state index >= 15 is 0 Å². The number of aromatic nitrogens is 1. The molecule has 0 unspecified atom stereocenters. The minimum Gasteiger partial charge on any atom is -0.465 e. The highest BCUT2D eigenvalue weighted by atomic mass is 16.4. The van der Waals surface area contributed by atoms with E-state index in [1.54, 1.807) is 18.3 Å². The van der Waals surface area contributed by atoms with E-state index in [9.17, 15) is 4.79 Å². The van der Waals surface area contributed by atoms with Crippen molar-refractivity contribution < 1.29 is 9.90 Å². The van der Waals surface area contributed by atoms with Crippen LogP contribution in [0, 0.1) is 0 Å². The molecule has 0 aliphatic heterocycles. The molecule has 0 radical (unpaired) electrons. The molecule has 2 N–H and O–H groups in total. The van der Waals surface area contributed by atoms with Crippen molar-refractivity contribution >= 4 is 18.0 Å². The molecule has 4 nitrogen and oxygen atoms in total. The summed E-state index contributed by atoms with van der Waals surface area (Å²) in [6, 6.07) is 3.40. The number of carboxylic acid groups (broad SMARTS) is 1. The topological polar surface area (TPSA) is 62.2 Å². The van der Waals surface area contributed by atoms with Gasteiger partial charge in [0.1, 0.15) is 5.82 Å². The van der Waals surface area contributed by atoms with Crippen LogP contribution >= 0.6 is 0 Å². The summed E-state index contributed by atoms with van der Waals surface area (Å²) in [6.07, 6.45) is 4.27. The molecule has 4 heteroatoms. The van der Waals surface area contributed by atoms with Gasteiger partial charge in [-0.1, -0.05) is 12.2 Å². The van der Waals surface area contributed by atoms with Crippen LogP contribution in [0.4, 0.5) is 10.6 Å². The molecule has 1 amide bonds. The molecule has 0 spiro atoms. The molecule has 0 aromatic carbocycles. The standard InChI is InChI=1S/C9H10N2O2/c1-2-3-7-4-5-8(10-6-7)11-9(12)13/h2-6H,1H3,(H,10,11)(H,12,13). The summed E-state index contributed by atoms with van der Waals surface area (Å²) in [5.74, 6) is 0.334. The minimum atomic E-state index is -1.11. The predicted molar refractivity (Wildman–Crippen MR) is 50.6 cm³/mol. The fraction of sp³-hybridized carbons (Fsp3) is 0.111. The fourth-order valence-corrected chi connectivity index (χ4v) is 0.880. The summed E-state index contributed by atoms with van der Waals surface area (Å²) < 4.78 is 0. The van der Waals surface area contributed by atoms with Gasteiger partial charge in [-0.2, -0.15) is 0 Å². The van der Waals surface area contributed by atoms with Gasteiger partial charge in [0.2, 0.25) is 0 Å². The Kier molecular flexibility index (Phi) is 3.03. The van der Waals surface area contributed by atoms with Crippen molar-refractivity contribution in [2.24, 2.45) is 0 Å². The monoisotopic (exact) mass is 178 g/mol. The van der Waals surface area contributed by atoms with Gasteiger partial charge in [-0.25, -0.2) is 9.78 Å². The zero-order valence-corrected chi connectivity index (χ0v) is 7.19. The molecule has 13 heavy (non-hydrogen) atoms. The molecule has 0 fully saturated rings. The van der Waals surface area contributed by atoms with Crippen LogP contribution in [0.5, 0.6) is 0 Å². The maximum atomic E-state index is 10.2. The summed E-state index contributed by atoms with van der Waals surface area (Å²) in [6.45, 7) is 1.91. The molecular formula is C9H10N2O2. The van der Waals surface area contributed by atoms with Gasteiger partial charge in [0.15, 0.2) is 0 Å². The van der Waals surface area contributed by atoms with Crippen LogP contribution in [0.3, 0.4) is 0 Å². The van der Waals surface area contributed by atoms with E-state index in [0.717, 1.165) is 5.56 Å². The Bertz CT molecular complexity index is 317. The number of allylic oxidation sites excluding steroid dienone is 1. The van der Waals surface area contributed by atoms with Crippen LogP contribution in [0.15, 0.2) is 24.4 Å². The molecule has 68 valence electrons.